The highest BCUT2D eigenvalue weighted by molar-refractivity contribution is 6.00. The summed E-state index contributed by atoms with van der Waals surface area (Å²) < 4.78 is 49.6. The Labute approximate surface area is 255 Å². The Morgan fingerprint density at radius 1 is 1.07 bits per heavy atom. The van der Waals surface area contributed by atoms with Crippen molar-refractivity contribution < 1.29 is 46.9 Å². The maximum Gasteiger partial charge on any atom is 0.511 e. The number of ketones is 2. The number of nitrogens with zero attached hydrogens (tertiary/aromatic N) is 3. The molecular formula is C31H29F2N3O9. The third-order valence-electron chi connectivity index (χ3n) is 7.40. The van der Waals surface area contributed by atoms with Crippen LogP contribution in [-0.4, -0.2) is 70.4 Å². The van der Waals surface area contributed by atoms with Crippen molar-refractivity contribution in [1.29, 1.82) is 0 Å². The number of aromatic nitrogens is 2. The summed E-state index contributed by atoms with van der Waals surface area (Å²) in [4.78, 5) is 69.9. The molecule has 12 nitrogen and oxygen atoms in total. The Bertz CT molecular complexity index is 1680. The third kappa shape index (κ3) is 7.23. The van der Waals surface area contributed by atoms with Gasteiger partial charge in [0.15, 0.2) is 30.1 Å². The first-order valence-corrected chi connectivity index (χ1v) is 14.1. The van der Waals surface area contributed by atoms with Crippen LogP contribution in [0, 0.1) is 11.6 Å². The molecule has 0 radical (unpaired) electrons. The van der Waals surface area contributed by atoms with Crippen molar-refractivity contribution in [1.82, 2.24) is 14.5 Å². The first kappa shape index (κ1) is 31.4. The fourth-order valence-corrected chi connectivity index (χ4v) is 5.10. The minimum absolute atomic E-state index is 0.0818. The van der Waals surface area contributed by atoms with E-state index in [2.05, 4.69) is 4.98 Å². The number of hydrogen-bond donors (Lipinski definition) is 0. The van der Waals surface area contributed by atoms with Crippen molar-refractivity contribution in [3.8, 4) is 5.75 Å². The summed E-state index contributed by atoms with van der Waals surface area (Å²) in [6.07, 6.45) is 0.951. The predicted molar refractivity (Wildman–Crippen MR) is 151 cm³/mol. The van der Waals surface area contributed by atoms with E-state index in [0.717, 1.165) is 6.07 Å². The normalized spacial score (nSPS) is 17.0. The van der Waals surface area contributed by atoms with Crippen molar-refractivity contribution in [3.05, 3.63) is 93.2 Å². The first-order chi connectivity index (χ1) is 21.6. The standard InChI is InChI=1S/C31H29F2N3O9/c1-18-15-42-26-14-35-13-23(25(38)10-6-19-5-7-20(32)12-24(19)33)28(39)29(27(35)30(40)36(18)26)44-17-45-31(41)43-16-22(37)9-8-21-4-2-3-11-34-21/h2-5,7,11-13,18,26H,6,8-10,14-17H2,1H3/t18-,26+/m0/s1. The van der Waals surface area contributed by atoms with Gasteiger partial charge in [-0.25, -0.2) is 13.6 Å². The fourth-order valence-electron chi connectivity index (χ4n) is 5.10. The second-order valence-electron chi connectivity index (χ2n) is 10.5. The van der Waals surface area contributed by atoms with Gasteiger partial charge in [-0.15, -0.1) is 0 Å². The van der Waals surface area contributed by atoms with Gasteiger partial charge < -0.3 is 28.4 Å². The van der Waals surface area contributed by atoms with E-state index in [1.165, 1.54) is 21.7 Å². The average Bonchev–Trinajstić information content (AvgIpc) is 3.40. The molecular weight excluding hydrogens is 596 g/mol. The molecule has 1 aromatic carbocycles. The van der Waals surface area contributed by atoms with E-state index < -0.39 is 60.3 Å². The van der Waals surface area contributed by atoms with Gasteiger partial charge in [0.25, 0.3) is 5.91 Å². The lowest BCUT2D eigenvalue weighted by atomic mass is 10.0. The van der Waals surface area contributed by atoms with Gasteiger partial charge in [0.2, 0.25) is 18.0 Å². The van der Waals surface area contributed by atoms with E-state index >= 15 is 0 Å². The molecule has 2 aromatic heterocycles. The molecule has 236 valence electrons. The molecule has 5 rings (SSSR count). The second-order valence-corrected chi connectivity index (χ2v) is 10.5. The van der Waals surface area contributed by atoms with Crippen LogP contribution in [0.3, 0.4) is 0 Å². The van der Waals surface area contributed by atoms with Crippen molar-refractivity contribution >= 4 is 23.6 Å². The quantitative estimate of drug-likeness (QED) is 0.167. The number of carbonyl (C=O) groups excluding carboxylic acids is 4. The molecule has 0 aliphatic carbocycles. The summed E-state index contributed by atoms with van der Waals surface area (Å²) in [6, 6.07) is 7.97. The smallest absolute Gasteiger partial charge is 0.451 e. The molecule has 0 bridgehead atoms. The molecule has 14 heteroatoms. The predicted octanol–water partition coefficient (Wildman–Crippen LogP) is 3.23. The lowest BCUT2D eigenvalue weighted by Gasteiger charge is -2.34. The highest BCUT2D eigenvalue weighted by Gasteiger charge is 2.43. The number of Topliss-reactive ketones (excluding diaryl/α,β-unsaturated/α-hetero) is 2. The molecule has 2 aliphatic heterocycles. The van der Waals surface area contributed by atoms with Crippen LogP contribution in [0.5, 0.6) is 5.75 Å². The summed E-state index contributed by atoms with van der Waals surface area (Å²) in [5, 5.41) is 0. The van der Waals surface area contributed by atoms with Gasteiger partial charge in [-0.05, 0) is 43.5 Å². The van der Waals surface area contributed by atoms with Gasteiger partial charge in [-0.3, -0.25) is 24.2 Å². The number of hydrogen-bond acceptors (Lipinski definition) is 10. The monoisotopic (exact) mass is 625 g/mol. The molecule has 0 saturated carbocycles. The lowest BCUT2D eigenvalue weighted by Crippen LogP contribution is -2.49. The van der Waals surface area contributed by atoms with Crippen LogP contribution >= 0.6 is 0 Å². The Kier molecular flexibility index (Phi) is 9.62. The lowest BCUT2D eigenvalue weighted by molar-refractivity contribution is -0.123. The SMILES string of the molecule is C[C@H]1CO[C@@H]2Cn3cc(C(=O)CCc4ccc(F)cc4F)c(=O)c(OCOC(=O)OCC(=O)CCc4ccccn4)c3C(=O)N12. The highest BCUT2D eigenvalue weighted by atomic mass is 19.1. The summed E-state index contributed by atoms with van der Waals surface area (Å²) in [6.45, 7) is 0.684. The number of pyridine rings is 2. The van der Waals surface area contributed by atoms with Gasteiger partial charge in [0.1, 0.15) is 11.6 Å². The first-order valence-electron chi connectivity index (χ1n) is 14.1. The number of rotatable bonds is 12. The number of halogens is 2. The molecule has 0 unspecified atom stereocenters. The van der Waals surface area contributed by atoms with Crippen LogP contribution in [0.1, 0.15) is 51.9 Å². The van der Waals surface area contributed by atoms with Gasteiger partial charge in [-0.2, -0.15) is 0 Å². The molecule has 1 amide bonds. The third-order valence-corrected chi connectivity index (χ3v) is 7.40. The maximum atomic E-state index is 14.1. The number of benzene rings is 1. The molecule has 2 atom stereocenters. The number of carbonyl (C=O) groups is 4. The number of aryl methyl sites for hydroxylation is 2. The number of amides is 1. The zero-order valence-electron chi connectivity index (χ0n) is 24.2. The zero-order valence-corrected chi connectivity index (χ0v) is 24.2. The summed E-state index contributed by atoms with van der Waals surface area (Å²) in [5.41, 5.74) is -0.663. The van der Waals surface area contributed by atoms with Crippen molar-refractivity contribution in [3.63, 3.8) is 0 Å². The van der Waals surface area contributed by atoms with Gasteiger partial charge in [0.05, 0.1) is 24.8 Å². The van der Waals surface area contributed by atoms with E-state index in [1.54, 1.807) is 31.3 Å². The molecule has 2 aliphatic rings. The average molecular weight is 626 g/mol. The number of fused-ring (bicyclic) bond motifs is 2. The molecule has 0 N–H and O–H groups in total. The minimum atomic E-state index is -1.25. The van der Waals surface area contributed by atoms with Crippen molar-refractivity contribution in [2.75, 3.05) is 20.0 Å². The van der Waals surface area contributed by atoms with E-state index in [1.807, 2.05) is 0 Å². The van der Waals surface area contributed by atoms with Gasteiger partial charge >= 0.3 is 6.16 Å². The Hall–Kier alpha value is -4.98. The van der Waals surface area contributed by atoms with E-state index in [9.17, 15) is 32.8 Å². The van der Waals surface area contributed by atoms with Crippen molar-refractivity contribution in [2.24, 2.45) is 0 Å². The molecule has 3 aromatic rings. The van der Waals surface area contributed by atoms with Crippen LogP contribution in [0.4, 0.5) is 13.6 Å². The topological polar surface area (TPSA) is 143 Å². The van der Waals surface area contributed by atoms with Crippen LogP contribution in [0.2, 0.25) is 0 Å². The minimum Gasteiger partial charge on any atom is -0.451 e. The molecule has 1 fully saturated rings. The van der Waals surface area contributed by atoms with Crippen LogP contribution in [0.25, 0.3) is 0 Å². The largest absolute Gasteiger partial charge is 0.511 e. The maximum absolute atomic E-state index is 14.1. The van der Waals surface area contributed by atoms with Gasteiger partial charge in [0, 0.05) is 37.0 Å². The Balaban J connectivity index is 1.27. The van der Waals surface area contributed by atoms with Crippen molar-refractivity contribution in [2.45, 2.75) is 51.4 Å². The molecule has 1 saturated heterocycles. The molecule has 45 heavy (non-hydrogen) atoms. The highest BCUT2D eigenvalue weighted by Crippen LogP contribution is 2.30. The number of ether oxygens (including phenoxy) is 4. The fraction of sp³-hybridized carbons (Fsp3) is 0.355. The van der Waals surface area contributed by atoms with Crippen LogP contribution in [-0.2, 0) is 38.4 Å². The molecule has 0 spiro atoms. The second kappa shape index (κ2) is 13.8. The Morgan fingerprint density at radius 3 is 2.64 bits per heavy atom. The van der Waals surface area contributed by atoms with E-state index in [0.29, 0.717) is 18.2 Å². The molecule has 4 heterocycles. The Morgan fingerprint density at radius 2 is 1.89 bits per heavy atom. The van der Waals surface area contributed by atoms with E-state index in [4.69, 9.17) is 18.9 Å². The summed E-state index contributed by atoms with van der Waals surface area (Å²) in [5.74, 6) is -3.76. The van der Waals surface area contributed by atoms with Gasteiger partial charge in [-0.1, -0.05) is 12.1 Å². The van der Waals surface area contributed by atoms with Crippen LogP contribution in [0.15, 0.2) is 53.6 Å². The zero-order chi connectivity index (χ0) is 32.1. The summed E-state index contributed by atoms with van der Waals surface area (Å²) >= 11 is 0. The van der Waals surface area contributed by atoms with E-state index in [-0.39, 0.29) is 61.1 Å². The summed E-state index contributed by atoms with van der Waals surface area (Å²) in [7, 11) is 0. The van der Waals surface area contributed by atoms with Crippen LogP contribution < -0.4 is 10.2 Å².